The molecule has 5 heteroatoms. The summed E-state index contributed by atoms with van der Waals surface area (Å²) in [5.74, 6) is 1.48. The monoisotopic (exact) mass is 314 g/mol. The summed E-state index contributed by atoms with van der Waals surface area (Å²) in [4.78, 5) is 14.9. The van der Waals surface area contributed by atoms with Crippen molar-refractivity contribution in [1.82, 2.24) is 19.9 Å². The van der Waals surface area contributed by atoms with Crippen molar-refractivity contribution in [3.05, 3.63) is 24.3 Å². The Balaban J connectivity index is 0.000000142. The number of hydrogen-bond acceptors (Lipinski definition) is 3. The van der Waals surface area contributed by atoms with Crippen LogP contribution < -0.4 is 0 Å². The van der Waals surface area contributed by atoms with E-state index in [1.165, 1.54) is 32.1 Å². The zero-order valence-electron chi connectivity index (χ0n) is 14.2. The molecule has 3 aromatic heterocycles. The average molecular weight is 314 g/mol. The average Bonchev–Trinajstić information content (AvgIpc) is 3.12. The van der Waals surface area contributed by atoms with Gasteiger partial charge in [0.05, 0.1) is 17.3 Å². The summed E-state index contributed by atoms with van der Waals surface area (Å²) < 4.78 is 0. The Labute approximate surface area is 136 Å². The third-order valence-corrected chi connectivity index (χ3v) is 4.76. The van der Waals surface area contributed by atoms with Gasteiger partial charge in [-0.3, -0.25) is 0 Å². The van der Waals surface area contributed by atoms with Crippen LogP contribution in [-0.2, 0) is 0 Å². The first kappa shape index (κ1) is 16.0. The van der Waals surface area contributed by atoms with Crippen molar-refractivity contribution in [2.75, 3.05) is 0 Å². The molecule has 0 spiro atoms. The SMILES string of the molecule is CC(C)(O)C1CCCCC1.Cc1nc2c(cnc3[nH]ccc32)[nH]1. The van der Waals surface area contributed by atoms with E-state index >= 15 is 0 Å². The van der Waals surface area contributed by atoms with Gasteiger partial charge in [0.2, 0.25) is 0 Å². The maximum Gasteiger partial charge on any atom is 0.139 e. The summed E-state index contributed by atoms with van der Waals surface area (Å²) in [6, 6.07) is 1.99. The van der Waals surface area contributed by atoms with Crippen molar-refractivity contribution in [3.8, 4) is 0 Å². The van der Waals surface area contributed by atoms with Gasteiger partial charge in [0.25, 0.3) is 0 Å². The van der Waals surface area contributed by atoms with Crippen LogP contribution in [0.5, 0.6) is 0 Å². The first-order chi connectivity index (χ1) is 10.9. The van der Waals surface area contributed by atoms with Gasteiger partial charge < -0.3 is 15.1 Å². The standard InChI is InChI=1S/C9H8N4.C9H18O/c1-5-12-7-4-11-9-6(2-3-10-9)8(7)13-5;1-9(2,10)8-6-4-3-5-7-8/h2-4H,1H3,(H,10,11)(H,12,13);8,10H,3-7H2,1-2H3. The van der Waals surface area contributed by atoms with E-state index in [0.29, 0.717) is 5.92 Å². The molecule has 0 amide bonds. The molecule has 0 aromatic carbocycles. The lowest BCUT2D eigenvalue weighted by molar-refractivity contribution is 0.000834. The van der Waals surface area contributed by atoms with E-state index in [9.17, 15) is 5.11 Å². The van der Waals surface area contributed by atoms with Gasteiger partial charge in [0.1, 0.15) is 17.0 Å². The molecule has 23 heavy (non-hydrogen) atoms. The van der Waals surface area contributed by atoms with Gasteiger partial charge in [-0.05, 0) is 45.6 Å². The Hall–Kier alpha value is -1.88. The van der Waals surface area contributed by atoms with E-state index in [0.717, 1.165) is 27.9 Å². The highest BCUT2D eigenvalue weighted by molar-refractivity contribution is 6.00. The van der Waals surface area contributed by atoms with Crippen molar-refractivity contribution in [1.29, 1.82) is 0 Å². The number of rotatable bonds is 1. The second-order valence-electron chi connectivity index (χ2n) is 7.07. The van der Waals surface area contributed by atoms with Crippen LogP contribution in [0.3, 0.4) is 0 Å². The number of aliphatic hydroxyl groups is 1. The van der Waals surface area contributed by atoms with Crippen molar-refractivity contribution in [2.45, 2.75) is 58.5 Å². The van der Waals surface area contributed by atoms with E-state index in [1.807, 2.05) is 33.0 Å². The van der Waals surface area contributed by atoms with E-state index in [2.05, 4.69) is 19.9 Å². The molecule has 0 saturated heterocycles. The van der Waals surface area contributed by atoms with Crippen LogP contribution in [0.25, 0.3) is 22.1 Å². The number of fused-ring (bicyclic) bond motifs is 3. The summed E-state index contributed by atoms with van der Waals surface area (Å²) in [6.07, 6.45) is 10.1. The lowest BCUT2D eigenvalue weighted by Crippen LogP contribution is -2.32. The Kier molecular flexibility index (Phi) is 4.39. The molecular formula is C18H26N4O. The maximum atomic E-state index is 9.64. The number of nitrogens with one attached hydrogen (secondary N) is 2. The topological polar surface area (TPSA) is 77.6 Å². The molecule has 1 fully saturated rings. The van der Waals surface area contributed by atoms with Gasteiger partial charge in [-0.2, -0.15) is 0 Å². The van der Waals surface area contributed by atoms with E-state index in [-0.39, 0.29) is 0 Å². The molecule has 3 heterocycles. The van der Waals surface area contributed by atoms with Crippen LogP contribution in [0, 0.1) is 12.8 Å². The van der Waals surface area contributed by atoms with Crippen LogP contribution in [-0.4, -0.2) is 30.6 Å². The smallest absolute Gasteiger partial charge is 0.139 e. The molecule has 3 aromatic rings. The molecule has 4 rings (SSSR count). The lowest BCUT2D eigenvalue weighted by atomic mass is 9.79. The second kappa shape index (κ2) is 6.32. The van der Waals surface area contributed by atoms with Crippen molar-refractivity contribution in [2.24, 2.45) is 5.92 Å². The Bertz CT molecular complexity index is 775. The summed E-state index contributed by atoms with van der Waals surface area (Å²) in [5.41, 5.74) is 2.44. The van der Waals surface area contributed by atoms with Gasteiger partial charge in [-0.25, -0.2) is 9.97 Å². The number of H-pyrrole nitrogens is 2. The number of hydrogen-bond donors (Lipinski definition) is 3. The predicted octanol–water partition coefficient (Wildman–Crippen LogP) is 4.09. The fourth-order valence-corrected chi connectivity index (χ4v) is 3.41. The number of aromatic amines is 2. The van der Waals surface area contributed by atoms with Crippen LogP contribution >= 0.6 is 0 Å². The Morgan fingerprint density at radius 1 is 1.22 bits per heavy atom. The minimum absolute atomic E-state index is 0.430. The third-order valence-electron chi connectivity index (χ3n) is 4.76. The molecule has 1 saturated carbocycles. The normalized spacial score (nSPS) is 16.5. The molecule has 3 N–H and O–H groups in total. The highest BCUT2D eigenvalue weighted by Crippen LogP contribution is 2.31. The first-order valence-electron chi connectivity index (χ1n) is 8.46. The minimum Gasteiger partial charge on any atom is -0.390 e. The first-order valence-corrected chi connectivity index (χ1v) is 8.46. The molecule has 1 aliphatic rings. The molecule has 1 aliphatic carbocycles. The van der Waals surface area contributed by atoms with E-state index in [1.54, 1.807) is 6.20 Å². The molecule has 0 aliphatic heterocycles. The molecule has 0 radical (unpaired) electrons. The van der Waals surface area contributed by atoms with Crippen LogP contribution in [0.4, 0.5) is 0 Å². The van der Waals surface area contributed by atoms with Crippen LogP contribution in [0.2, 0.25) is 0 Å². The molecule has 0 atom stereocenters. The zero-order chi connectivity index (χ0) is 16.4. The number of imidazole rings is 1. The zero-order valence-corrected chi connectivity index (χ0v) is 14.2. The van der Waals surface area contributed by atoms with Crippen LogP contribution in [0.15, 0.2) is 18.5 Å². The summed E-state index contributed by atoms with van der Waals surface area (Å²) in [7, 11) is 0. The van der Waals surface area contributed by atoms with Gasteiger partial charge in [-0.1, -0.05) is 19.3 Å². The largest absolute Gasteiger partial charge is 0.390 e. The molecule has 124 valence electrons. The number of pyridine rings is 1. The van der Waals surface area contributed by atoms with Gasteiger partial charge in [0.15, 0.2) is 0 Å². The Morgan fingerprint density at radius 3 is 2.61 bits per heavy atom. The number of nitrogens with zero attached hydrogens (tertiary/aromatic N) is 2. The highest BCUT2D eigenvalue weighted by atomic mass is 16.3. The third kappa shape index (κ3) is 3.55. The van der Waals surface area contributed by atoms with Gasteiger partial charge in [0, 0.05) is 11.6 Å². The summed E-state index contributed by atoms with van der Waals surface area (Å²) in [5, 5.41) is 10.7. The highest BCUT2D eigenvalue weighted by Gasteiger charge is 2.27. The molecule has 5 nitrogen and oxygen atoms in total. The minimum atomic E-state index is -0.430. The quantitative estimate of drug-likeness (QED) is 0.633. The summed E-state index contributed by atoms with van der Waals surface area (Å²) in [6.45, 7) is 5.81. The maximum absolute atomic E-state index is 9.64. The number of aryl methyl sites for hydroxylation is 1. The Morgan fingerprint density at radius 2 is 1.96 bits per heavy atom. The van der Waals surface area contributed by atoms with E-state index < -0.39 is 5.60 Å². The van der Waals surface area contributed by atoms with Crippen molar-refractivity contribution < 1.29 is 5.11 Å². The summed E-state index contributed by atoms with van der Waals surface area (Å²) >= 11 is 0. The fourth-order valence-electron chi connectivity index (χ4n) is 3.41. The van der Waals surface area contributed by atoms with E-state index in [4.69, 9.17) is 0 Å². The lowest BCUT2D eigenvalue weighted by Gasteiger charge is -2.32. The van der Waals surface area contributed by atoms with Gasteiger partial charge in [-0.15, -0.1) is 0 Å². The predicted molar refractivity (Wildman–Crippen MR) is 93.4 cm³/mol. The molecule has 0 unspecified atom stereocenters. The van der Waals surface area contributed by atoms with Crippen molar-refractivity contribution >= 4 is 22.1 Å². The molecule has 0 bridgehead atoms. The van der Waals surface area contributed by atoms with Crippen LogP contribution in [0.1, 0.15) is 51.8 Å². The van der Waals surface area contributed by atoms with Crippen molar-refractivity contribution in [3.63, 3.8) is 0 Å². The van der Waals surface area contributed by atoms with Gasteiger partial charge >= 0.3 is 0 Å². The molecular weight excluding hydrogens is 288 g/mol. The second-order valence-corrected chi connectivity index (χ2v) is 7.07. The fraction of sp³-hybridized carbons (Fsp3) is 0.556. The number of aromatic nitrogens is 4.